The van der Waals surface area contributed by atoms with Crippen molar-refractivity contribution in [2.45, 2.75) is 32.7 Å². The van der Waals surface area contributed by atoms with Crippen LogP contribution in [0.2, 0.25) is 0 Å². The Balaban J connectivity index is 0.000000351. The van der Waals surface area contributed by atoms with Crippen LogP contribution in [0.15, 0.2) is 0 Å². The second kappa shape index (κ2) is 8.84. The molecule has 1 heterocycles. The highest BCUT2D eigenvalue weighted by Gasteiger charge is 2.19. The molecule has 0 aromatic heterocycles. The maximum Gasteiger partial charge on any atom is 0.303 e. The van der Waals surface area contributed by atoms with Crippen LogP contribution in [0.25, 0.3) is 0 Å². The van der Waals surface area contributed by atoms with Gasteiger partial charge >= 0.3 is 5.97 Å². The molecule has 0 unspecified atom stereocenters. The van der Waals surface area contributed by atoms with Crippen LogP contribution in [0.4, 0.5) is 0 Å². The van der Waals surface area contributed by atoms with Crippen molar-refractivity contribution in [1.29, 1.82) is 0 Å². The lowest BCUT2D eigenvalue weighted by atomic mass is 9.94. The standard InChI is InChI=1S/C8H17NO2.C3H6N2O2/c1-6(2)3-7(5-9)4-8(10)11;4-2-1-7-5-3(2)6/h6-7H,3-5,9H2,1-2H3,(H,10,11);2H,1,4H2,(H,5,6)/t7-;2-/m01/s1. The average Bonchev–Trinajstić information content (AvgIpc) is 2.62. The molecule has 0 spiro atoms. The number of nitrogens with one attached hydrogen (secondary N) is 1. The third-order valence-corrected chi connectivity index (χ3v) is 2.37. The monoisotopic (exact) mass is 261 g/mol. The zero-order valence-corrected chi connectivity index (χ0v) is 10.9. The summed E-state index contributed by atoms with van der Waals surface area (Å²) < 4.78 is 0. The largest absolute Gasteiger partial charge is 0.481 e. The van der Waals surface area contributed by atoms with Gasteiger partial charge in [0.1, 0.15) is 6.04 Å². The average molecular weight is 261 g/mol. The van der Waals surface area contributed by atoms with Crippen molar-refractivity contribution in [3.63, 3.8) is 0 Å². The van der Waals surface area contributed by atoms with Gasteiger partial charge in [0.2, 0.25) is 0 Å². The molecule has 1 aliphatic heterocycles. The van der Waals surface area contributed by atoms with Gasteiger partial charge in [-0.15, -0.1) is 0 Å². The van der Waals surface area contributed by atoms with Crippen LogP contribution < -0.4 is 16.9 Å². The Labute approximate surface area is 107 Å². The minimum Gasteiger partial charge on any atom is -0.481 e. The highest BCUT2D eigenvalue weighted by atomic mass is 16.7. The molecule has 7 nitrogen and oxygen atoms in total. The van der Waals surface area contributed by atoms with Crippen LogP contribution in [0.3, 0.4) is 0 Å². The molecule has 7 heteroatoms. The smallest absolute Gasteiger partial charge is 0.303 e. The number of carboxylic acids is 1. The summed E-state index contributed by atoms with van der Waals surface area (Å²) in [6.07, 6.45) is 1.11. The Morgan fingerprint density at radius 1 is 1.61 bits per heavy atom. The molecule has 1 amide bonds. The Hall–Kier alpha value is -1.18. The lowest BCUT2D eigenvalue weighted by Gasteiger charge is -2.13. The predicted octanol–water partition coefficient (Wildman–Crippen LogP) is -0.543. The van der Waals surface area contributed by atoms with E-state index in [1.54, 1.807) is 0 Å². The molecule has 0 saturated carbocycles. The summed E-state index contributed by atoms with van der Waals surface area (Å²) in [5.74, 6) is -0.309. The molecule has 1 fully saturated rings. The maximum atomic E-state index is 10.3. The first-order chi connectivity index (χ1) is 8.36. The highest BCUT2D eigenvalue weighted by molar-refractivity contribution is 5.81. The summed E-state index contributed by atoms with van der Waals surface area (Å²) in [4.78, 5) is 25.0. The number of hydrogen-bond donors (Lipinski definition) is 4. The summed E-state index contributed by atoms with van der Waals surface area (Å²) in [5, 5.41) is 8.47. The number of hydroxylamine groups is 1. The van der Waals surface area contributed by atoms with Crippen molar-refractivity contribution in [2.75, 3.05) is 13.2 Å². The molecule has 18 heavy (non-hydrogen) atoms. The van der Waals surface area contributed by atoms with Crippen LogP contribution in [0, 0.1) is 11.8 Å². The second-order valence-corrected chi connectivity index (χ2v) is 4.71. The molecule has 0 bridgehead atoms. The van der Waals surface area contributed by atoms with Crippen molar-refractivity contribution in [2.24, 2.45) is 23.3 Å². The van der Waals surface area contributed by atoms with E-state index in [1.807, 2.05) is 0 Å². The van der Waals surface area contributed by atoms with Crippen LogP contribution in [0.5, 0.6) is 0 Å². The van der Waals surface area contributed by atoms with Gasteiger partial charge in [-0.05, 0) is 24.8 Å². The van der Waals surface area contributed by atoms with Crippen molar-refractivity contribution < 1.29 is 19.5 Å². The topological polar surface area (TPSA) is 128 Å². The molecule has 1 rings (SSSR count). The zero-order chi connectivity index (χ0) is 14.1. The number of carbonyl (C=O) groups is 2. The molecule has 0 aromatic carbocycles. The van der Waals surface area contributed by atoms with Crippen LogP contribution in [-0.4, -0.2) is 36.2 Å². The zero-order valence-electron chi connectivity index (χ0n) is 10.9. The summed E-state index contributed by atoms with van der Waals surface area (Å²) >= 11 is 0. The minimum absolute atomic E-state index is 0.146. The third kappa shape index (κ3) is 7.99. The van der Waals surface area contributed by atoms with E-state index in [-0.39, 0.29) is 18.2 Å². The van der Waals surface area contributed by atoms with E-state index in [1.165, 1.54) is 0 Å². The third-order valence-electron chi connectivity index (χ3n) is 2.37. The fourth-order valence-corrected chi connectivity index (χ4v) is 1.53. The van der Waals surface area contributed by atoms with Gasteiger partial charge in [-0.2, -0.15) is 0 Å². The molecule has 0 aliphatic carbocycles. The van der Waals surface area contributed by atoms with Crippen LogP contribution in [-0.2, 0) is 14.4 Å². The molecule has 0 radical (unpaired) electrons. The maximum absolute atomic E-state index is 10.3. The Kier molecular flexibility index (Phi) is 8.27. The van der Waals surface area contributed by atoms with Crippen LogP contribution in [0.1, 0.15) is 26.7 Å². The summed E-state index contributed by atoms with van der Waals surface area (Å²) in [7, 11) is 0. The first kappa shape index (κ1) is 16.8. The summed E-state index contributed by atoms with van der Waals surface area (Å²) in [6, 6.07) is -0.458. The van der Waals surface area contributed by atoms with Gasteiger partial charge < -0.3 is 16.6 Å². The van der Waals surface area contributed by atoms with E-state index in [0.29, 0.717) is 19.1 Å². The molecule has 2 atom stereocenters. The molecule has 6 N–H and O–H groups in total. The van der Waals surface area contributed by atoms with Crippen molar-refractivity contribution in [1.82, 2.24) is 5.48 Å². The van der Waals surface area contributed by atoms with Gasteiger partial charge in [0.15, 0.2) is 0 Å². The van der Waals surface area contributed by atoms with E-state index in [9.17, 15) is 9.59 Å². The first-order valence-electron chi connectivity index (χ1n) is 5.95. The predicted molar refractivity (Wildman–Crippen MR) is 66.3 cm³/mol. The van der Waals surface area contributed by atoms with E-state index in [2.05, 4.69) is 24.2 Å². The number of nitrogens with two attached hydrogens (primary N) is 2. The number of amides is 1. The Bertz CT molecular complexity index is 271. The Morgan fingerprint density at radius 2 is 2.22 bits per heavy atom. The molecular formula is C11H23N3O4. The number of rotatable bonds is 5. The lowest BCUT2D eigenvalue weighted by Crippen LogP contribution is -2.31. The number of carbonyl (C=O) groups excluding carboxylic acids is 1. The SMILES string of the molecule is CC(C)C[C@H](CN)CC(=O)O.N[C@@H]1CONC1=O. The van der Waals surface area contributed by atoms with Crippen molar-refractivity contribution in [3.05, 3.63) is 0 Å². The van der Waals surface area contributed by atoms with E-state index in [0.717, 1.165) is 6.42 Å². The van der Waals surface area contributed by atoms with Gasteiger partial charge in [-0.3, -0.25) is 14.4 Å². The Morgan fingerprint density at radius 3 is 2.44 bits per heavy atom. The quantitative estimate of drug-likeness (QED) is 0.526. The first-order valence-corrected chi connectivity index (χ1v) is 5.95. The van der Waals surface area contributed by atoms with Gasteiger partial charge in [0.05, 0.1) is 6.61 Å². The summed E-state index contributed by atoms with van der Waals surface area (Å²) in [6.45, 7) is 4.92. The highest BCUT2D eigenvalue weighted by Crippen LogP contribution is 2.13. The molecular weight excluding hydrogens is 238 g/mol. The van der Waals surface area contributed by atoms with Crippen molar-refractivity contribution in [3.8, 4) is 0 Å². The fourth-order valence-electron chi connectivity index (χ4n) is 1.53. The molecule has 106 valence electrons. The van der Waals surface area contributed by atoms with E-state index >= 15 is 0 Å². The fraction of sp³-hybridized carbons (Fsp3) is 0.818. The number of aliphatic carboxylic acids is 1. The summed E-state index contributed by atoms with van der Waals surface area (Å²) in [5.41, 5.74) is 12.7. The van der Waals surface area contributed by atoms with Gasteiger partial charge in [0, 0.05) is 6.42 Å². The van der Waals surface area contributed by atoms with Gasteiger partial charge in [-0.1, -0.05) is 13.8 Å². The molecule has 1 aliphatic rings. The van der Waals surface area contributed by atoms with Crippen LogP contribution >= 0.6 is 0 Å². The molecule has 1 saturated heterocycles. The van der Waals surface area contributed by atoms with E-state index in [4.69, 9.17) is 16.6 Å². The van der Waals surface area contributed by atoms with Gasteiger partial charge in [0.25, 0.3) is 5.91 Å². The van der Waals surface area contributed by atoms with Gasteiger partial charge in [-0.25, -0.2) is 5.48 Å². The lowest BCUT2D eigenvalue weighted by molar-refractivity contribution is -0.138. The number of carboxylic acid groups (broad SMARTS) is 1. The van der Waals surface area contributed by atoms with Crippen molar-refractivity contribution >= 4 is 11.9 Å². The minimum atomic E-state index is -0.749. The molecule has 0 aromatic rings. The normalized spacial score (nSPS) is 20.1. The number of hydrogen-bond acceptors (Lipinski definition) is 5. The second-order valence-electron chi connectivity index (χ2n) is 4.71. The van der Waals surface area contributed by atoms with E-state index < -0.39 is 12.0 Å².